The number of anilines is 2. The highest BCUT2D eigenvalue weighted by molar-refractivity contribution is 7.92. The van der Waals surface area contributed by atoms with Gasteiger partial charge in [-0.05, 0) is 60.2 Å². The second-order valence-electron chi connectivity index (χ2n) is 7.77. The van der Waals surface area contributed by atoms with E-state index < -0.39 is 10.0 Å². The number of amides is 1. The summed E-state index contributed by atoms with van der Waals surface area (Å²) in [5.41, 5.74) is 3.13. The summed E-state index contributed by atoms with van der Waals surface area (Å²) in [4.78, 5) is 17.2. The fourth-order valence-electron chi connectivity index (χ4n) is 3.54. The predicted molar refractivity (Wildman–Crippen MR) is 133 cm³/mol. The average Bonchev–Trinajstić information content (AvgIpc) is 3.28. The van der Waals surface area contributed by atoms with Crippen molar-refractivity contribution in [3.8, 4) is 5.82 Å². The SMILES string of the molecule is CS(=O)(=O)Nc1cc(CNCc2cccn2-c2ccccn2)cc(C(=O)Nc2ccccc2)c1. The highest BCUT2D eigenvalue weighted by Crippen LogP contribution is 2.19. The molecule has 0 atom stereocenters. The third kappa shape index (κ3) is 6.31. The first kappa shape index (κ1) is 23.2. The summed E-state index contributed by atoms with van der Waals surface area (Å²) in [6.45, 7) is 0.983. The Bertz CT molecular complexity index is 1370. The standard InChI is InChI=1S/C25H25N5O3S/c1-34(32,33)29-22-15-19(14-20(16-22)25(31)28-21-8-3-2-4-9-21)17-26-18-23-10-7-13-30(23)24-11-5-6-12-27-24/h2-16,26,29H,17-18H2,1H3,(H,28,31). The van der Waals surface area contributed by atoms with Crippen LogP contribution in [0, 0.1) is 0 Å². The maximum atomic E-state index is 12.8. The summed E-state index contributed by atoms with van der Waals surface area (Å²) < 4.78 is 28.0. The van der Waals surface area contributed by atoms with Gasteiger partial charge < -0.3 is 15.2 Å². The molecule has 0 fully saturated rings. The molecule has 0 aliphatic carbocycles. The minimum Gasteiger partial charge on any atom is -0.322 e. The normalized spacial score (nSPS) is 11.2. The first-order valence-electron chi connectivity index (χ1n) is 10.6. The number of pyridine rings is 1. The molecule has 0 radical (unpaired) electrons. The Kier molecular flexibility index (Phi) is 7.05. The van der Waals surface area contributed by atoms with Crippen molar-refractivity contribution in [2.24, 2.45) is 0 Å². The second kappa shape index (κ2) is 10.3. The van der Waals surface area contributed by atoms with E-state index >= 15 is 0 Å². The number of aromatic nitrogens is 2. The first-order valence-corrected chi connectivity index (χ1v) is 12.5. The van der Waals surface area contributed by atoms with Crippen LogP contribution in [0.3, 0.4) is 0 Å². The van der Waals surface area contributed by atoms with Crippen LogP contribution >= 0.6 is 0 Å². The Labute approximate surface area is 198 Å². The Balaban J connectivity index is 1.51. The summed E-state index contributed by atoms with van der Waals surface area (Å²) in [5, 5.41) is 6.20. The Morgan fingerprint density at radius 3 is 2.44 bits per heavy atom. The van der Waals surface area contributed by atoms with Crippen LogP contribution in [0.5, 0.6) is 0 Å². The van der Waals surface area contributed by atoms with E-state index in [9.17, 15) is 13.2 Å². The number of carbonyl (C=O) groups excluding carboxylic acids is 1. The molecule has 0 aliphatic rings. The topological polar surface area (TPSA) is 105 Å². The van der Waals surface area contributed by atoms with Crippen molar-refractivity contribution in [1.29, 1.82) is 0 Å². The molecule has 2 aromatic carbocycles. The lowest BCUT2D eigenvalue weighted by Gasteiger charge is -2.13. The van der Waals surface area contributed by atoms with Gasteiger partial charge in [0, 0.05) is 48.1 Å². The third-order valence-electron chi connectivity index (χ3n) is 4.95. The average molecular weight is 476 g/mol. The minimum atomic E-state index is -3.50. The molecule has 0 bridgehead atoms. The summed E-state index contributed by atoms with van der Waals surface area (Å²) in [6, 6.07) is 23.8. The molecule has 0 unspecified atom stereocenters. The first-order chi connectivity index (χ1) is 16.4. The van der Waals surface area contributed by atoms with Crippen LogP contribution in [0.4, 0.5) is 11.4 Å². The lowest BCUT2D eigenvalue weighted by Crippen LogP contribution is -2.18. The zero-order valence-electron chi connectivity index (χ0n) is 18.6. The molecule has 2 aromatic heterocycles. The van der Waals surface area contributed by atoms with E-state index in [1.807, 2.05) is 59.3 Å². The smallest absolute Gasteiger partial charge is 0.255 e. The van der Waals surface area contributed by atoms with Gasteiger partial charge in [-0.1, -0.05) is 24.3 Å². The largest absolute Gasteiger partial charge is 0.322 e. The van der Waals surface area contributed by atoms with E-state index in [1.165, 1.54) is 6.07 Å². The molecule has 2 heterocycles. The number of benzene rings is 2. The molecule has 0 saturated carbocycles. The van der Waals surface area contributed by atoms with E-state index in [2.05, 4.69) is 20.3 Å². The van der Waals surface area contributed by atoms with Crippen LogP contribution in [0.1, 0.15) is 21.6 Å². The molecular formula is C25H25N5O3S. The monoisotopic (exact) mass is 475 g/mol. The van der Waals surface area contributed by atoms with Gasteiger partial charge in [0.2, 0.25) is 10.0 Å². The van der Waals surface area contributed by atoms with Crippen LogP contribution < -0.4 is 15.4 Å². The lowest BCUT2D eigenvalue weighted by molar-refractivity contribution is 0.102. The quantitative estimate of drug-likeness (QED) is 0.342. The third-order valence-corrected chi connectivity index (χ3v) is 5.56. The van der Waals surface area contributed by atoms with Crippen LogP contribution in [0.15, 0.2) is 91.3 Å². The van der Waals surface area contributed by atoms with Crippen molar-refractivity contribution in [2.45, 2.75) is 13.1 Å². The van der Waals surface area contributed by atoms with Crippen molar-refractivity contribution in [1.82, 2.24) is 14.9 Å². The Morgan fingerprint density at radius 1 is 0.912 bits per heavy atom. The zero-order valence-corrected chi connectivity index (χ0v) is 19.4. The highest BCUT2D eigenvalue weighted by Gasteiger charge is 2.12. The predicted octanol–water partition coefficient (Wildman–Crippen LogP) is 3.79. The molecule has 174 valence electrons. The van der Waals surface area contributed by atoms with Crippen molar-refractivity contribution in [2.75, 3.05) is 16.3 Å². The highest BCUT2D eigenvalue weighted by atomic mass is 32.2. The van der Waals surface area contributed by atoms with Gasteiger partial charge in [0.15, 0.2) is 0 Å². The van der Waals surface area contributed by atoms with Crippen molar-refractivity contribution in [3.05, 3.63) is 108 Å². The fraction of sp³-hybridized carbons (Fsp3) is 0.120. The van der Waals surface area contributed by atoms with Crippen LogP contribution in [0.25, 0.3) is 5.82 Å². The molecule has 3 N–H and O–H groups in total. The molecule has 9 heteroatoms. The van der Waals surface area contributed by atoms with Crippen LogP contribution in [-0.2, 0) is 23.1 Å². The van der Waals surface area contributed by atoms with Crippen molar-refractivity contribution >= 4 is 27.3 Å². The molecule has 0 spiro atoms. The molecule has 0 saturated heterocycles. The van der Waals surface area contributed by atoms with Gasteiger partial charge in [-0.25, -0.2) is 13.4 Å². The lowest BCUT2D eigenvalue weighted by atomic mass is 10.1. The summed E-state index contributed by atoms with van der Waals surface area (Å²) in [7, 11) is -3.50. The molecule has 34 heavy (non-hydrogen) atoms. The number of sulfonamides is 1. The molecule has 8 nitrogen and oxygen atoms in total. The minimum absolute atomic E-state index is 0.325. The maximum absolute atomic E-state index is 12.8. The number of carbonyl (C=O) groups is 1. The molecule has 4 rings (SSSR count). The molecular weight excluding hydrogens is 450 g/mol. The van der Waals surface area contributed by atoms with Crippen LogP contribution in [0.2, 0.25) is 0 Å². The number of hydrogen-bond donors (Lipinski definition) is 3. The number of hydrogen-bond acceptors (Lipinski definition) is 5. The van der Waals surface area contributed by atoms with Gasteiger partial charge in [-0.3, -0.25) is 9.52 Å². The van der Waals surface area contributed by atoms with Crippen LogP contribution in [-0.4, -0.2) is 30.1 Å². The molecule has 0 aliphatic heterocycles. The van der Waals surface area contributed by atoms with Gasteiger partial charge in [-0.15, -0.1) is 0 Å². The Morgan fingerprint density at radius 2 is 1.71 bits per heavy atom. The number of nitrogens with one attached hydrogen (secondary N) is 3. The number of nitrogens with zero attached hydrogens (tertiary/aromatic N) is 2. The van der Waals surface area contributed by atoms with Crippen molar-refractivity contribution in [3.63, 3.8) is 0 Å². The van der Waals surface area contributed by atoms with E-state index in [-0.39, 0.29) is 5.91 Å². The fourth-order valence-corrected chi connectivity index (χ4v) is 4.08. The van der Waals surface area contributed by atoms with Gasteiger partial charge in [0.1, 0.15) is 5.82 Å². The molecule has 4 aromatic rings. The Hall–Kier alpha value is -3.95. The number of para-hydroxylation sites is 1. The maximum Gasteiger partial charge on any atom is 0.255 e. The van der Waals surface area contributed by atoms with E-state index in [4.69, 9.17) is 0 Å². The summed E-state index contributed by atoms with van der Waals surface area (Å²) in [6.07, 6.45) is 4.77. The van der Waals surface area contributed by atoms with Gasteiger partial charge in [-0.2, -0.15) is 0 Å². The molecule has 1 amide bonds. The van der Waals surface area contributed by atoms with Gasteiger partial charge in [0.25, 0.3) is 5.91 Å². The summed E-state index contributed by atoms with van der Waals surface area (Å²) in [5.74, 6) is 0.497. The summed E-state index contributed by atoms with van der Waals surface area (Å²) >= 11 is 0. The van der Waals surface area contributed by atoms with Crippen molar-refractivity contribution < 1.29 is 13.2 Å². The second-order valence-corrected chi connectivity index (χ2v) is 9.52. The number of rotatable bonds is 9. The van der Waals surface area contributed by atoms with Gasteiger partial charge >= 0.3 is 0 Å². The van der Waals surface area contributed by atoms with E-state index in [0.29, 0.717) is 30.0 Å². The zero-order chi connectivity index (χ0) is 24.0. The van der Waals surface area contributed by atoms with E-state index in [0.717, 1.165) is 23.3 Å². The van der Waals surface area contributed by atoms with E-state index in [1.54, 1.807) is 30.5 Å². The van der Waals surface area contributed by atoms with Gasteiger partial charge in [0.05, 0.1) is 6.26 Å².